The standard InChI is InChI=1S/C20H13Br2N3O3S/c1-27-14-4-2-11(3-5-14)9-23-25-20-24-17(10-29-20)15-7-12-6-13(21)8-16(22)18(12)28-19(15)26/h2-10H,1H3,(H,24,25). The number of thiazole rings is 1. The highest BCUT2D eigenvalue weighted by molar-refractivity contribution is 9.11. The number of halogens is 2. The number of benzene rings is 2. The number of methoxy groups -OCH3 is 1. The number of nitrogens with zero attached hydrogens (tertiary/aromatic N) is 2. The topological polar surface area (TPSA) is 76.7 Å². The molecule has 4 rings (SSSR count). The molecule has 146 valence electrons. The summed E-state index contributed by atoms with van der Waals surface area (Å²) in [5, 5.41) is 7.34. The van der Waals surface area contributed by atoms with Gasteiger partial charge in [0.25, 0.3) is 0 Å². The SMILES string of the molecule is COc1ccc(C=NNc2nc(-c3cc4cc(Br)cc(Br)c4oc3=O)cs2)cc1. The minimum absolute atomic E-state index is 0.394. The second-order valence-corrected chi connectivity index (χ2v) is 8.56. The Hall–Kier alpha value is -2.49. The second kappa shape index (κ2) is 8.48. The van der Waals surface area contributed by atoms with E-state index < -0.39 is 5.63 Å². The molecule has 2 heterocycles. The maximum atomic E-state index is 12.4. The number of hydrogen-bond donors (Lipinski definition) is 1. The molecule has 0 aliphatic heterocycles. The van der Waals surface area contributed by atoms with Crippen LogP contribution in [0.4, 0.5) is 5.13 Å². The van der Waals surface area contributed by atoms with Crippen LogP contribution in [-0.4, -0.2) is 18.3 Å². The van der Waals surface area contributed by atoms with E-state index >= 15 is 0 Å². The Labute approximate surface area is 186 Å². The third kappa shape index (κ3) is 4.42. The van der Waals surface area contributed by atoms with Crippen molar-refractivity contribution in [1.29, 1.82) is 0 Å². The van der Waals surface area contributed by atoms with E-state index in [4.69, 9.17) is 9.15 Å². The van der Waals surface area contributed by atoms with Crippen LogP contribution in [0.15, 0.2) is 71.1 Å². The molecule has 0 saturated heterocycles. The first-order valence-electron chi connectivity index (χ1n) is 8.35. The van der Waals surface area contributed by atoms with Crippen LogP contribution in [0.1, 0.15) is 5.56 Å². The molecule has 6 nitrogen and oxygen atoms in total. The molecule has 9 heteroatoms. The van der Waals surface area contributed by atoms with Crippen molar-refractivity contribution in [3.63, 3.8) is 0 Å². The number of nitrogens with one attached hydrogen (secondary N) is 1. The smallest absolute Gasteiger partial charge is 0.345 e. The Morgan fingerprint density at radius 1 is 1.21 bits per heavy atom. The van der Waals surface area contributed by atoms with Gasteiger partial charge in [-0.2, -0.15) is 5.10 Å². The molecule has 0 aliphatic rings. The Morgan fingerprint density at radius 3 is 2.76 bits per heavy atom. The van der Waals surface area contributed by atoms with Crippen molar-refractivity contribution in [1.82, 2.24) is 4.98 Å². The highest BCUT2D eigenvalue weighted by Gasteiger charge is 2.13. The number of hydrazone groups is 1. The molecule has 0 bridgehead atoms. The lowest BCUT2D eigenvalue weighted by Gasteiger charge is -2.03. The predicted octanol–water partition coefficient (Wildman–Crippen LogP) is 5.90. The summed E-state index contributed by atoms with van der Waals surface area (Å²) < 4.78 is 12.2. The van der Waals surface area contributed by atoms with Gasteiger partial charge in [-0.25, -0.2) is 9.78 Å². The summed E-state index contributed by atoms with van der Waals surface area (Å²) in [5.74, 6) is 0.785. The Morgan fingerprint density at radius 2 is 2.00 bits per heavy atom. The van der Waals surface area contributed by atoms with Crippen LogP contribution in [0.2, 0.25) is 0 Å². The molecule has 0 atom stereocenters. The molecule has 0 aliphatic carbocycles. The minimum Gasteiger partial charge on any atom is -0.497 e. The van der Waals surface area contributed by atoms with E-state index in [1.165, 1.54) is 11.3 Å². The molecule has 0 amide bonds. The van der Waals surface area contributed by atoms with Gasteiger partial charge in [-0.15, -0.1) is 11.3 Å². The van der Waals surface area contributed by atoms with Gasteiger partial charge in [0.05, 0.1) is 29.1 Å². The van der Waals surface area contributed by atoms with Crippen molar-refractivity contribution in [3.05, 3.63) is 72.8 Å². The molecule has 0 fully saturated rings. The van der Waals surface area contributed by atoms with E-state index in [0.29, 0.717) is 26.4 Å². The lowest BCUT2D eigenvalue weighted by atomic mass is 10.1. The summed E-state index contributed by atoms with van der Waals surface area (Å²) in [4.78, 5) is 16.9. The third-order valence-electron chi connectivity index (χ3n) is 4.02. The fourth-order valence-electron chi connectivity index (χ4n) is 2.64. The fraction of sp³-hybridized carbons (Fsp3) is 0.0500. The number of ether oxygens (including phenoxy) is 1. The lowest BCUT2D eigenvalue weighted by molar-refractivity contribution is 0.415. The Kier molecular flexibility index (Phi) is 5.79. The zero-order chi connectivity index (χ0) is 20.4. The molecule has 1 N–H and O–H groups in total. The Balaban J connectivity index is 1.56. The summed E-state index contributed by atoms with van der Waals surface area (Å²) in [6.45, 7) is 0. The first-order chi connectivity index (χ1) is 14.0. The molecule has 0 saturated carbocycles. The van der Waals surface area contributed by atoms with Crippen LogP contribution in [-0.2, 0) is 0 Å². The minimum atomic E-state index is -0.445. The summed E-state index contributed by atoms with van der Waals surface area (Å²) in [7, 11) is 1.62. The van der Waals surface area contributed by atoms with E-state index in [9.17, 15) is 4.79 Å². The van der Waals surface area contributed by atoms with Crippen molar-refractivity contribution in [3.8, 4) is 17.0 Å². The molecule has 0 unspecified atom stereocenters. The van der Waals surface area contributed by atoms with Crippen LogP contribution in [0.5, 0.6) is 5.75 Å². The maximum Gasteiger partial charge on any atom is 0.345 e. The molecular formula is C20H13Br2N3O3S. The first-order valence-corrected chi connectivity index (χ1v) is 10.8. The molecule has 4 aromatic rings. The monoisotopic (exact) mass is 533 g/mol. The normalized spacial score (nSPS) is 11.3. The molecular weight excluding hydrogens is 522 g/mol. The predicted molar refractivity (Wildman–Crippen MR) is 123 cm³/mol. The third-order valence-corrected chi connectivity index (χ3v) is 5.82. The highest BCUT2D eigenvalue weighted by Crippen LogP contribution is 2.31. The van der Waals surface area contributed by atoms with Gasteiger partial charge in [-0.1, -0.05) is 15.9 Å². The molecule has 2 aromatic carbocycles. The van der Waals surface area contributed by atoms with Gasteiger partial charge in [0, 0.05) is 15.2 Å². The molecule has 2 aromatic heterocycles. The van der Waals surface area contributed by atoms with Gasteiger partial charge in [0.2, 0.25) is 5.13 Å². The van der Waals surface area contributed by atoms with Crippen LogP contribution in [0.25, 0.3) is 22.2 Å². The largest absolute Gasteiger partial charge is 0.497 e. The van der Waals surface area contributed by atoms with Crippen LogP contribution in [0.3, 0.4) is 0 Å². The Bertz CT molecular complexity index is 1270. The maximum absolute atomic E-state index is 12.4. The average Bonchev–Trinajstić information content (AvgIpc) is 3.17. The second-order valence-electron chi connectivity index (χ2n) is 5.93. The zero-order valence-corrected chi connectivity index (χ0v) is 19.0. The van der Waals surface area contributed by atoms with Gasteiger partial charge in [-0.3, -0.25) is 5.43 Å². The average molecular weight is 535 g/mol. The number of rotatable bonds is 5. The highest BCUT2D eigenvalue weighted by atomic mass is 79.9. The summed E-state index contributed by atoms with van der Waals surface area (Å²) in [6.07, 6.45) is 1.68. The van der Waals surface area contributed by atoms with Crippen molar-refractivity contribution in [2.75, 3.05) is 12.5 Å². The van der Waals surface area contributed by atoms with Crippen LogP contribution < -0.4 is 15.8 Å². The quantitative estimate of drug-likeness (QED) is 0.196. The fourth-order valence-corrected chi connectivity index (χ4v) is 4.64. The number of hydrogen-bond acceptors (Lipinski definition) is 7. The molecule has 0 spiro atoms. The van der Waals surface area contributed by atoms with Crippen LogP contribution >= 0.6 is 43.2 Å². The number of aromatic nitrogens is 1. The zero-order valence-electron chi connectivity index (χ0n) is 15.0. The lowest BCUT2D eigenvalue weighted by Crippen LogP contribution is -2.03. The van der Waals surface area contributed by atoms with Crippen molar-refractivity contribution in [2.24, 2.45) is 5.10 Å². The van der Waals surface area contributed by atoms with E-state index in [1.54, 1.807) is 24.8 Å². The van der Waals surface area contributed by atoms with Crippen molar-refractivity contribution >= 4 is 65.5 Å². The van der Waals surface area contributed by atoms with E-state index in [-0.39, 0.29) is 0 Å². The molecule has 0 radical (unpaired) electrons. The first kappa shape index (κ1) is 19.8. The summed E-state index contributed by atoms with van der Waals surface area (Å²) >= 11 is 8.21. The van der Waals surface area contributed by atoms with Gasteiger partial charge in [0.15, 0.2) is 5.58 Å². The van der Waals surface area contributed by atoms with Crippen molar-refractivity contribution < 1.29 is 9.15 Å². The summed E-state index contributed by atoms with van der Waals surface area (Å²) in [5.41, 5.74) is 4.78. The molecule has 29 heavy (non-hydrogen) atoms. The number of anilines is 1. The van der Waals surface area contributed by atoms with E-state index in [2.05, 4.69) is 47.4 Å². The number of fused-ring (bicyclic) bond motifs is 1. The van der Waals surface area contributed by atoms with Crippen molar-refractivity contribution in [2.45, 2.75) is 0 Å². The van der Waals surface area contributed by atoms with Gasteiger partial charge >= 0.3 is 5.63 Å². The van der Waals surface area contributed by atoms with Gasteiger partial charge in [-0.05, 0) is 64.0 Å². The van der Waals surface area contributed by atoms with E-state index in [1.807, 2.05) is 36.4 Å². The van der Waals surface area contributed by atoms with Gasteiger partial charge in [0.1, 0.15) is 5.75 Å². The van der Waals surface area contributed by atoms with Crippen LogP contribution in [0, 0.1) is 0 Å². The summed E-state index contributed by atoms with van der Waals surface area (Å²) in [6, 6.07) is 13.0. The van der Waals surface area contributed by atoms with Gasteiger partial charge < -0.3 is 9.15 Å². The van der Waals surface area contributed by atoms with E-state index in [0.717, 1.165) is 21.2 Å².